The molecule has 1 aliphatic heterocycles. The van der Waals surface area contributed by atoms with Gasteiger partial charge in [-0.15, -0.1) is 12.4 Å². The number of halogens is 1. The molecule has 1 heterocycles. The van der Waals surface area contributed by atoms with Crippen LogP contribution in [0.2, 0.25) is 0 Å². The second kappa shape index (κ2) is 11.0. The van der Waals surface area contributed by atoms with E-state index < -0.39 is 0 Å². The number of piperidine rings is 1. The lowest BCUT2D eigenvalue weighted by Gasteiger charge is -2.31. The SMILES string of the molecule is CNC1CCN(C(=O)CCCOc2ccc(C(C)=O)cc2OC)CC1.Cl. The van der Waals surface area contributed by atoms with Crippen molar-refractivity contribution in [3.63, 3.8) is 0 Å². The average Bonchev–Trinajstić information content (AvgIpc) is 2.64. The van der Waals surface area contributed by atoms with Crippen LogP contribution in [-0.4, -0.2) is 56.5 Å². The van der Waals surface area contributed by atoms with Crippen LogP contribution < -0.4 is 14.8 Å². The Kier molecular flexibility index (Phi) is 9.44. The van der Waals surface area contributed by atoms with Crippen molar-refractivity contribution in [2.45, 2.75) is 38.6 Å². The quantitative estimate of drug-likeness (QED) is 0.551. The fraction of sp³-hybridized carbons (Fsp3) is 0.579. The average molecular weight is 385 g/mol. The maximum Gasteiger partial charge on any atom is 0.222 e. The topological polar surface area (TPSA) is 67.9 Å². The van der Waals surface area contributed by atoms with Crippen molar-refractivity contribution in [2.75, 3.05) is 33.9 Å². The van der Waals surface area contributed by atoms with E-state index in [4.69, 9.17) is 9.47 Å². The maximum absolute atomic E-state index is 12.2. The van der Waals surface area contributed by atoms with Crippen LogP contribution >= 0.6 is 12.4 Å². The summed E-state index contributed by atoms with van der Waals surface area (Å²) in [7, 11) is 3.52. The minimum absolute atomic E-state index is 0. The molecule has 1 amide bonds. The number of likely N-dealkylation sites (tertiary alicyclic amines) is 1. The zero-order valence-electron chi connectivity index (χ0n) is 15.7. The van der Waals surface area contributed by atoms with Crippen LogP contribution in [0.3, 0.4) is 0 Å². The first-order valence-electron chi connectivity index (χ1n) is 8.82. The van der Waals surface area contributed by atoms with Gasteiger partial charge < -0.3 is 19.7 Å². The Morgan fingerprint density at radius 1 is 1.23 bits per heavy atom. The molecule has 146 valence electrons. The second-order valence-electron chi connectivity index (χ2n) is 6.32. The second-order valence-corrected chi connectivity index (χ2v) is 6.32. The first-order chi connectivity index (χ1) is 12.0. The fourth-order valence-corrected chi connectivity index (χ4v) is 2.99. The molecular formula is C19H29ClN2O4. The van der Waals surface area contributed by atoms with Crippen molar-refractivity contribution in [2.24, 2.45) is 0 Å². The van der Waals surface area contributed by atoms with E-state index in [0.717, 1.165) is 25.9 Å². The monoisotopic (exact) mass is 384 g/mol. The first-order valence-corrected chi connectivity index (χ1v) is 8.82. The number of hydrogen-bond donors (Lipinski definition) is 1. The zero-order chi connectivity index (χ0) is 18.2. The number of ketones is 1. The van der Waals surface area contributed by atoms with Gasteiger partial charge in [0.2, 0.25) is 5.91 Å². The number of rotatable bonds is 8. The zero-order valence-corrected chi connectivity index (χ0v) is 16.6. The van der Waals surface area contributed by atoms with E-state index in [0.29, 0.717) is 42.6 Å². The molecule has 0 radical (unpaired) electrons. The predicted molar refractivity (Wildman–Crippen MR) is 104 cm³/mol. The van der Waals surface area contributed by atoms with Gasteiger partial charge in [0.15, 0.2) is 17.3 Å². The molecule has 0 atom stereocenters. The number of benzene rings is 1. The van der Waals surface area contributed by atoms with E-state index in [1.807, 2.05) is 11.9 Å². The third kappa shape index (κ3) is 6.18. The van der Waals surface area contributed by atoms with Crippen LogP contribution in [0.4, 0.5) is 0 Å². The maximum atomic E-state index is 12.2. The highest BCUT2D eigenvalue weighted by Crippen LogP contribution is 2.28. The van der Waals surface area contributed by atoms with Gasteiger partial charge in [-0.2, -0.15) is 0 Å². The molecule has 0 aliphatic carbocycles. The largest absolute Gasteiger partial charge is 0.493 e. The number of nitrogens with zero attached hydrogens (tertiary/aromatic N) is 1. The van der Waals surface area contributed by atoms with Crippen molar-refractivity contribution in [1.29, 1.82) is 0 Å². The molecule has 1 saturated heterocycles. The Labute approximate surface area is 161 Å². The summed E-state index contributed by atoms with van der Waals surface area (Å²) in [6.07, 6.45) is 3.16. The summed E-state index contributed by atoms with van der Waals surface area (Å²) >= 11 is 0. The summed E-state index contributed by atoms with van der Waals surface area (Å²) in [5.41, 5.74) is 0.587. The third-order valence-corrected chi connectivity index (χ3v) is 4.62. The number of Topliss-reactive ketones (excluding diaryl/α,β-unsaturated/α-hetero) is 1. The van der Waals surface area contributed by atoms with E-state index >= 15 is 0 Å². The number of amides is 1. The molecule has 7 heteroatoms. The van der Waals surface area contributed by atoms with E-state index in [1.165, 1.54) is 6.92 Å². The van der Waals surface area contributed by atoms with E-state index in [1.54, 1.807) is 25.3 Å². The molecule has 0 spiro atoms. The molecule has 1 fully saturated rings. The van der Waals surface area contributed by atoms with Gasteiger partial charge in [-0.25, -0.2) is 0 Å². The number of methoxy groups -OCH3 is 1. The van der Waals surface area contributed by atoms with Gasteiger partial charge in [0.05, 0.1) is 13.7 Å². The van der Waals surface area contributed by atoms with E-state index in [-0.39, 0.29) is 24.1 Å². The summed E-state index contributed by atoms with van der Waals surface area (Å²) < 4.78 is 11.0. The summed E-state index contributed by atoms with van der Waals surface area (Å²) in [4.78, 5) is 25.6. The Hall–Kier alpha value is -1.79. The molecule has 1 N–H and O–H groups in total. The summed E-state index contributed by atoms with van der Waals surface area (Å²) in [5, 5.41) is 3.26. The summed E-state index contributed by atoms with van der Waals surface area (Å²) in [6.45, 7) is 3.60. The summed E-state index contributed by atoms with van der Waals surface area (Å²) in [5.74, 6) is 1.30. The molecule has 1 aliphatic rings. The van der Waals surface area contributed by atoms with Gasteiger partial charge in [0.1, 0.15) is 0 Å². The van der Waals surface area contributed by atoms with Gasteiger partial charge in [-0.05, 0) is 51.4 Å². The Morgan fingerprint density at radius 3 is 2.50 bits per heavy atom. The van der Waals surface area contributed by atoms with Crippen molar-refractivity contribution in [3.8, 4) is 11.5 Å². The van der Waals surface area contributed by atoms with Crippen LogP contribution in [0.25, 0.3) is 0 Å². The Morgan fingerprint density at radius 2 is 1.92 bits per heavy atom. The van der Waals surface area contributed by atoms with E-state index in [9.17, 15) is 9.59 Å². The Bertz CT molecular complexity index is 601. The highest BCUT2D eigenvalue weighted by molar-refractivity contribution is 5.94. The minimum atomic E-state index is -0.0162. The number of carbonyl (C=O) groups is 2. The molecule has 0 saturated carbocycles. The molecule has 6 nitrogen and oxygen atoms in total. The van der Waals surface area contributed by atoms with Crippen LogP contribution in [0.1, 0.15) is 43.0 Å². The van der Waals surface area contributed by atoms with Crippen LogP contribution in [0.5, 0.6) is 11.5 Å². The summed E-state index contributed by atoms with van der Waals surface area (Å²) in [6, 6.07) is 5.66. The highest BCUT2D eigenvalue weighted by atomic mass is 35.5. The lowest BCUT2D eigenvalue weighted by atomic mass is 10.0. The van der Waals surface area contributed by atoms with Crippen molar-refractivity contribution >= 4 is 24.1 Å². The standard InChI is InChI=1S/C19H28N2O4.ClH/c1-14(22)15-6-7-17(18(13-15)24-3)25-12-4-5-19(23)21-10-8-16(20-2)9-11-21;/h6-7,13,16,20H,4-5,8-12H2,1-3H3;1H. The van der Waals surface area contributed by atoms with Gasteiger partial charge in [-0.1, -0.05) is 0 Å². The number of nitrogens with one attached hydrogen (secondary N) is 1. The van der Waals surface area contributed by atoms with E-state index in [2.05, 4.69) is 5.32 Å². The smallest absolute Gasteiger partial charge is 0.222 e. The number of hydrogen-bond acceptors (Lipinski definition) is 5. The van der Waals surface area contributed by atoms with Gasteiger partial charge in [0.25, 0.3) is 0 Å². The molecule has 0 bridgehead atoms. The van der Waals surface area contributed by atoms with Crippen molar-refractivity contribution in [3.05, 3.63) is 23.8 Å². The molecule has 0 unspecified atom stereocenters. The van der Waals surface area contributed by atoms with Gasteiger partial charge >= 0.3 is 0 Å². The van der Waals surface area contributed by atoms with Crippen LogP contribution in [-0.2, 0) is 4.79 Å². The number of carbonyl (C=O) groups excluding carboxylic acids is 2. The molecule has 0 aromatic heterocycles. The van der Waals surface area contributed by atoms with Gasteiger partial charge in [-0.3, -0.25) is 9.59 Å². The van der Waals surface area contributed by atoms with Crippen molar-refractivity contribution < 1.29 is 19.1 Å². The molecular weight excluding hydrogens is 356 g/mol. The lowest BCUT2D eigenvalue weighted by molar-refractivity contribution is -0.132. The van der Waals surface area contributed by atoms with Crippen LogP contribution in [0, 0.1) is 0 Å². The third-order valence-electron chi connectivity index (χ3n) is 4.62. The first kappa shape index (κ1) is 22.3. The van der Waals surface area contributed by atoms with Crippen molar-refractivity contribution in [1.82, 2.24) is 10.2 Å². The molecule has 1 aromatic carbocycles. The number of ether oxygens (including phenoxy) is 2. The van der Waals surface area contributed by atoms with Gasteiger partial charge in [0, 0.05) is 31.1 Å². The van der Waals surface area contributed by atoms with Crippen LogP contribution in [0.15, 0.2) is 18.2 Å². The Balaban J connectivity index is 0.00000338. The normalized spacial score (nSPS) is 14.5. The molecule has 2 rings (SSSR count). The molecule has 26 heavy (non-hydrogen) atoms. The highest BCUT2D eigenvalue weighted by Gasteiger charge is 2.21. The lowest BCUT2D eigenvalue weighted by Crippen LogP contribution is -2.43. The molecule has 1 aromatic rings. The fourth-order valence-electron chi connectivity index (χ4n) is 2.99. The minimum Gasteiger partial charge on any atom is -0.493 e. The predicted octanol–water partition coefficient (Wildman–Crippen LogP) is 2.69.